The third-order valence-corrected chi connectivity index (χ3v) is 3.34. The van der Waals surface area contributed by atoms with Crippen molar-refractivity contribution < 1.29 is 9.32 Å². The van der Waals surface area contributed by atoms with Gasteiger partial charge in [0.25, 0.3) is 0 Å². The second-order valence-corrected chi connectivity index (χ2v) is 5.05. The minimum Gasteiger partial charge on any atom is -0.356 e. The third kappa shape index (κ3) is 4.26. The van der Waals surface area contributed by atoms with Gasteiger partial charge in [0.1, 0.15) is 0 Å². The van der Waals surface area contributed by atoms with E-state index < -0.39 is 0 Å². The Bertz CT molecular complexity index is 737. The fraction of sp³-hybridized carbons (Fsp3) is 0.250. The van der Waals surface area contributed by atoms with Gasteiger partial charge in [-0.25, -0.2) is 4.98 Å². The normalized spacial score (nSPS) is 10.6. The number of hydrogen-bond donors (Lipinski definition) is 2. The number of aryl methyl sites for hydroxylation is 1. The van der Waals surface area contributed by atoms with Crippen LogP contribution in [0.5, 0.6) is 0 Å². The number of aromatic nitrogens is 4. The van der Waals surface area contributed by atoms with Crippen molar-refractivity contribution in [2.24, 2.45) is 0 Å². The predicted octanol–water partition coefficient (Wildman–Crippen LogP) is 1.75. The van der Waals surface area contributed by atoms with E-state index in [4.69, 9.17) is 4.52 Å². The standard InChI is InChI=1S/C16H17N5O2/c22-14(18-9-8-13-10-17-11-19-13)6-7-15-20-16(21-23-15)12-4-2-1-3-5-12/h1-5,10-11H,6-9H2,(H,17,19)(H,18,22). The van der Waals surface area contributed by atoms with E-state index in [-0.39, 0.29) is 5.91 Å². The lowest BCUT2D eigenvalue weighted by atomic mass is 10.2. The molecule has 0 aliphatic carbocycles. The summed E-state index contributed by atoms with van der Waals surface area (Å²) >= 11 is 0. The quantitative estimate of drug-likeness (QED) is 0.693. The van der Waals surface area contributed by atoms with Gasteiger partial charge >= 0.3 is 0 Å². The lowest BCUT2D eigenvalue weighted by molar-refractivity contribution is -0.121. The number of amides is 1. The Morgan fingerprint density at radius 3 is 2.87 bits per heavy atom. The number of hydrogen-bond acceptors (Lipinski definition) is 5. The number of carbonyl (C=O) groups excluding carboxylic acids is 1. The highest BCUT2D eigenvalue weighted by atomic mass is 16.5. The van der Waals surface area contributed by atoms with Crippen molar-refractivity contribution in [3.8, 4) is 11.4 Å². The monoisotopic (exact) mass is 311 g/mol. The molecule has 0 atom stereocenters. The number of H-pyrrole nitrogens is 1. The van der Waals surface area contributed by atoms with Gasteiger partial charge in [-0.2, -0.15) is 4.98 Å². The maximum atomic E-state index is 11.8. The third-order valence-electron chi connectivity index (χ3n) is 3.34. The first kappa shape index (κ1) is 15.0. The van der Waals surface area contributed by atoms with Crippen molar-refractivity contribution in [3.05, 3.63) is 54.4 Å². The molecular formula is C16H17N5O2. The maximum absolute atomic E-state index is 11.8. The first-order valence-electron chi connectivity index (χ1n) is 7.43. The summed E-state index contributed by atoms with van der Waals surface area (Å²) in [5, 5.41) is 6.78. The summed E-state index contributed by atoms with van der Waals surface area (Å²) in [6.07, 6.45) is 4.84. The fourth-order valence-corrected chi connectivity index (χ4v) is 2.13. The fourth-order valence-electron chi connectivity index (χ4n) is 2.13. The summed E-state index contributed by atoms with van der Waals surface area (Å²) in [6, 6.07) is 9.59. The number of carbonyl (C=O) groups is 1. The summed E-state index contributed by atoms with van der Waals surface area (Å²) in [7, 11) is 0. The molecule has 0 unspecified atom stereocenters. The van der Waals surface area contributed by atoms with Gasteiger partial charge in [0, 0.05) is 43.3 Å². The van der Waals surface area contributed by atoms with E-state index in [2.05, 4.69) is 25.4 Å². The van der Waals surface area contributed by atoms with Crippen LogP contribution < -0.4 is 5.32 Å². The van der Waals surface area contributed by atoms with Crippen molar-refractivity contribution >= 4 is 5.91 Å². The molecule has 0 fully saturated rings. The van der Waals surface area contributed by atoms with E-state index in [9.17, 15) is 4.79 Å². The van der Waals surface area contributed by atoms with Gasteiger partial charge in [-0.1, -0.05) is 35.5 Å². The molecule has 1 amide bonds. The molecular weight excluding hydrogens is 294 g/mol. The lowest BCUT2D eigenvalue weighted by Crippen LogP contribution is -2.25. The Hall–Kier alpha value is -2.96. The highest BCUT2D eigenvalue weighted by Gasteiger charge is 2.10. The van der Waals surface area contributed by atoms with Crippen LogP contribution in [-0.2, 0) is 17.6 Å². The molecule has 7 nitrogen and oxygen atoms in total. The zero-order chi connectivity index (χ0) is 15.9. The Kier molecular flexibility index (Phi) is 4.78. The maximum Gasteiger partial charge on any atom is 0.227 e. The van der Waals surface area contributed by atoms with Gasteiger partial charge in [0.05, 0.1) is 6.33 Å². The molecule has 7 heteroatoms. The second kappa shape index (κ2) is 7.35. The first-order valence-corrected chi connectivity index (χ1v) is 7.43. The number of benzene rings is 1. The molecule has 3 aromatic rings. The lowest BCUT2D eigenvalue weighted by Gasteiger charge is -2.02. The van der Waals surface area contributed by atoms with Crippen molar-refractivity contribution in [2.45, 2.75) is 19.3 Å². The summed E-state index contributed by atoms with van der Waals surface area (Å²) < 4.78 is 5.18. The van der Waals surface area contributed by atoms with Crippen LogP contribution in [0.3, 0.4) is 0 Å². The summed E-state index contributed by atoms with van der Waals surface area (Å²) in [5.74, 6) is 0.969. The SMILES string of the molecule is O=C(CCc1nc(-c2ccccc2)no1)NCCc1cnc[nH]1. The molecule has 0 saturated heterocycles. The summed E-state index contributed by atoms with van der Waals surface area (Å²) in [5.41, 5.74) is 1.89. The van der Waals surface area contributed by atoms with Crippen molar-refractivity contribution in [3.63, 3.8) is 0 Å². The van der Waals surface area contributed by atoms with Crippen LogP contribution in [0.2, 0.25) is 0 Å². The number of rotatable bonds is 7. The van der Waals surface area contributed by atoms with E-state index in [0.29, 0.717) is 31.1 Å². The van der Waals surface area contributed by atoms with Gasteiger partial charge in [-0.15, -0.1) is 0 Å². The smallest absolute Gasteiger partial charge is 0.227 e. The average molecular weight is 311 g/mol. The minimum absolute atomic E-state index is 0.0380. The van der Waals surface area contributed by atoms with Crippen LogP contribution in [0.1, 0.15) is 18.0 Å². The van der Waals surface area contributed by atoms with E-state index in [1.54, 1.807) is 12.5 Å². The van der Waals surface area contributed by atoms with Crippen LogP contribution in [0.25, 0.3) is 11.4 Å². The molecule has 0 radical (unpaired) electrons. The van der Waals surface area contributed by atoms with Gasteiger partial charge in [0.2, 0.25) is 17.6 Å². The Morgan fingerprint density at radius 1 is 1.22 bits per heavy atom. The van der Waals surface area contributed by atoms with Crippen LogP contribution in [0.4, 0.5) is 0 Å². The van der Waals surface area contributed by atoms with E-state index in [1.807, 2.05) is 30.3 Å². The zero-order valence-electron chi connectivity index (χ0n) is 12.5. The van der Waals surface area contributed by atoms with Crippen LogP contribution >= 0.6 is 0 Å². The van der Waals surface area contributed by atoms with Crippen LogP contribution in [0, 0.1) is 0 Å². The van der Waals surface area contributed by atoms with Gasteiger partial charge in [0.15, 0.2) is 0 Å². The molecule has 0 aliphatic heterocycles. The molecule has 0 aliphatic rings. The van der Waals surface area contributed by atoms with Gasteiger partial charge in [-0.3, -0.25) is 4.79 Å². The Balaban J connectivity index is 1.43. The Labute approximate surface area is 133 Å². The molecule has 3 rings (SSSR count). The van der Waals surface area contributed by atoms with E-state index in [0.717, 1.165) is 17.7 Å². The number of nitrogens with one attached hydrogen (secondary N) is 2. The molecule has 0 bridgehead atoms. The number of nitrogens with zero attached hydrogens (tertiary/aromatic N) is 3. The van der Waals surface area contributed by atoms with Crippen LogP contribution in [-0.4, -0.2) is 32.6 Å². The Morgan fingerprint density at radius 2 is 2.09 bits per heavy atom. The second-order valence-electron chi connectivity index (χ2n) is 5.05. The molecule has 0 saturated carbocycles. The van der Waals surface area contributed by atoms with Crippen LogP contribution in [0.15, 0.2) is 47.4 Å². The molecule has 0 spiro atoms. The number of aromatic amines is 1. The first-order chi connectivity index (χ1) is 11.3. The van der Waals surface area contributed by atoms with Crippen molar-refractivity contribution in [2.75, 3.05) is 6.54 Å². The van der Waals surface area contributed by atoms with E-state index >= 15 is 0 Å². The molecule has 1 aromatic carbocycles. The molecule has 23 heavy (non-hydrogen) atoms. The molecule has 2 aromatic heterocycles. The highest BCUT2D eigenvalue weighted by molar-refractivity contribution is 5.76. The molecule has 2 N–H and O–H groups in total. The highest BCUT2D eigenvalue weighted by Crippen LogP contribution is 2.15. The molecule has 118 valence electrons. The zero-order valence-corrected chi connectivity index (χ0v) is 12.5. The average Bonchev–Trinajstić information content (AvgIpc) is 3.25. The summed E-state index contributed by atoms with van der Waals surface area (Å²) in [6.45, 7) is 0.570. The van der Waals surface area contributed by atoms with Crippen molar-refractivity contribution in [1.29, 1.82) is 0 Å². The van der Waals surface area contributed by atoms with Gasteiger partial charge < -0.3 is 14.8 Å². The van der Waals surface area contributed by atoms with Crippen molar-refractivity contribution in [1.82, 2.24) is 25.4 Å². The molecule has 2 heterocycles. The van der Waals surface area contributed by atoms with Gasteiger partial charge in [-0.05, 0) is 0 Å². The predicted molar refractivity (Wildman–Crippen MR) is 83.4 cm³/mol. The summed E-state index contributed by atoms with van der Waals surface area (Å²) in [4.78, 5) is 23.0. The minimum atomic E-state index is -0.0380. The number of imidazole rings is 1. The van der Waals surface area contributed by atoms with E-state index in [1.165, 1.54) is 0 Å². The topological polar surface area (TPSA) is 96.7 Å². The largest absolute Gasteiger partial charge is 0.356 e.